The first-order valence-electron chi connectivity index (χ1n) is 47.7. The summed E-state index contributed by atoms with van der Waals surface area (Å²) in [7, 11) is 8.30. The van der Waals surface area contributed by atoms with Gasteiger partial charge in [-0.15, -0.1) is 56.7 Å². The van der Waals surface area contributed by atoms with E-state index >= 15 is 0 Å². The highest BCUT2D eigenvalue weighted by atomic mass is 32.1. The van der Waals surface area contributed by atoms with Crippen LogP contribution in [0.15, 0.2) is 290 Å². The van der Waals surface area contributed by atoms with Crippen molar-refractivity contribution >= 4 is 128 Å². The molecule has 29 nitrogen and oxygen atoms in total. The first kappa shape index (κ1) is 104. The number of benzene rings is 7. The van der Waals surface area contributed by atoms with Crippen LogP contribution in [0.4, 0.5) is 5.69 Å². The molecule has 0 fully saturated rings. The summed E-state index contributed by atoms with van der Waals surface area (Å²) in [5, 5.41) is 30.3. The van der Waals surface area contributed by atoms with E-state index in [1.807, 2.05) is 177 Å². The van der Waals surface area contributed by atoms with Gasteiger partial charge >= 0.3 is 0 Å². The van der Waals surface area contributed by atoms with Crippen LogP contribution in [0.5, 0.6) is 0 Å². The van der Waals surface area contributed by atoms with Gasteiger partial charge < -0.3 is 34.0 Å². The van der Waals surface area contributed by atoms with Crippen LogP contribution in [0.2, 0.25) is 0 Å². The number of amides is 6. The summed E-state index contributed by atoms with van der Waals surface area (Å²) in [6, 6.07) is 70.5. The van der Waals surface area contributed by atoms with E-state index in [2.05, 4.69) is 137 Å². The third-order valence-electron chi connectivity index (χ3n) is 27.6. The number of guanidine groups is 5. The van der Waals surface area contributed by atoms with Crippen molar-refractivity contribution in [2.45, 2.75) is 158 Å². The predicted molar refractivity (Wildman–Crippen MR) is 585 cm³/mol. The van der Waals surface area contributed by atoms with Crippen molar-refractivity contribution in [3.63, 3.8) is 0 Å². The lowest BCUT2D eigenvalue weighted by Gasteiger charge is -2.40. The molecule has 1 aliphatic carbocycles. The number of aryl methyl sites for hydroxylation is 2. The SMILES string of the molecule is CN1C(=O)C(c2ccccc2)(c2cccc(NC(=O)Cc3ccccc3)c2)N=C1N.CN1C(=O)C[C@]2(CCCc3sc(-c4cccc(C#N)c4)cc32)N=C1N.CN1C(=O)[C@@H](c2ccc(C(C)(C)C)cc2)[C@@](C)(c2cc(-c3cncnc3)cs2)N=C1N.CN1C(=O)[C@H](c2ccc(C(C)(C)C)cc2)[C@@](C)(c2cc(-c3cncnc3)cs2)N=C1N.Cc1nc(CC2C(=O)N(C)C(N)=N[C@]2(C)c2cc(-c3cccc(C#N)c3)cs2)cs1. The lowest BCUT2D eigenvalue weighted by atomic mass is 9.76. The van der Waals surface area contributed by atoms with E-state index in [1.54, 1.807) is 147 Å². The van der Waals surface area contributed by atoms with Crippen LogP contribution in [0, 0.1) is 35.5 Å². The van der Waals surface area contributed by atoms with Gasteiger partial charge in [0.25, 0.3) is 5.91 Å². The number of anilines is 1. The summed E-state index contributed by atoms with van der Waals surface area (Å²) < 4.78 is 0. The number of aromatic nitrogens is 5. The molecule has 11 N–H and O–H groups in total. The van der Waals surface area contributed by atoms with Gasteiger partial charge in [0.2, 0.25) is 29.5 Å². The first-order valence-corrected chi connectivity index (χ1v) is 52.1. The summed E-state index contributed by atoms with van der Waals surface area (Å²) in [5.74, 6) is -0.766. The quantitative estimate of drug-likeness (QED) is 0.0523. The summed E-state index contributed by atoms with van der Waals surface area (Å²) >= 11 is 8.01. The third kappa shape index (κ3) is 21.6. The molecule has 5 aliphatic heterocycles. The Morgan fingerprint density at radius 2 is 0.925 bits per heavy atom. The van der Waals surface area contributed by atoms with Crippen molar-refractivity contribution in [2.75, 3.05) is 40.6 Å². The van der Waals surface area contributed by atoms with Crippen molar-refractivity contribution in [3.8, 4) is 56.0 Å². The first-order chi connectivity index (χ1) is 70.1. The van der Waals surface area contributed by atoms with E-state index in [1.165, 1.54) is 53.2 Å². The predicted octanol–water partition coefficient (Wildman–Crippen LogP) is 18.4. The number of hydrogen-bond acceptors (Lipinski definition) is 28. The number of hydrogen-bond donors (Lipinski definition) is 6. The van der Waals surface area contributed by atoms with Crippen LogP contribution >= 0.6 is 56.7 Å². The van der Waals surface area contributed by atoms with Crippen molar-refractivity contribution in [1.29, 1.82) is 10.5 Å². The number of nitriles is 2. The Morgan fingerprint density at radius 3 is 1.41 bits per heavy atom. The average molecular weight is 2050 g/mol. The van der Waals surface area contributed by atoms with Crippen molar-refractivity contribution in [1.82, 2.24) is 49.4 Å². The van der Waals surface area contributed by atoms with Gasteiger partial charge in [0, 0.05) is 113 Å². The molecule has 14 aromatic rings. The molecular weight excluding hydrogens is 1940 g/mol. The number of likely N-dealkylation sites (N-methyl/N-ethyl adjacent to an activating group) is 3. The molecule has 8 atom stereocenters. The number of carbonyl (C=O) groups excluding carboxylic acids is 6. The van der Waals surface area contributed by atoms with Crippen LogP contribution in [-0.2, 0) is 86.6 Å². The third-order valence-corrected chi connectivity index (χ3v) is 33.2. The maximum Gasteiger partial charge on any atom is 0.266 e. The molecule has 0 bridgehead atoms. The number of nitrogens with zero attached hydrogens (tertiary/aromatic N) is 17. The lowest BCUT2D eigenvalue weighted by molar-refractivity contribution is -0.134. The topological polar surface area (TPSA) is 435 Å². The molecule has 0 saturated carbocycles. The fourth-order valence-corrected chi connectivity index (χ4v) is 24.1. The standard InChI is InChI=1S/2C24H27N5OS.C24H22N4O2.C22H21N5OS2.C19H18N4OS/c2*1-23(2,3)18-8-6-15(7-9-18)20-21(30)29(5)22(25)28-24(20,4)19-10-16(13-31-19)17-11-26-14-27-12-17;1-28-22(30)24(27-23(28)25,18-11-6-3-7-12-18)19-13-8-14-20(16-19)26-21(29)15-17-9-4-2-5-10-17;1-13-25-17(12-29-13)9-18-20(28)27(3)21(24)26-22(18,2)19-8-16(11-30-19)15-6-4-5-14(7-15)10-23;1-23-17(24)10-19(22-18(23)21)7-3-6-15-14(19)9-16(25-15)13-5-2-4-12(8-13)11-20/h2*6-14,20H,1-5H3,(H2,25,28);2-14,16H,15H2,1H3,(H2,25,27)(H,26,29);4-8,11-12,18H,9H2,1-3H3,(H2,24,26);2,4-5,8-9H,3,6-7,10H2,1H3,(H2,21,22)/t20-,24+;20-,24-;;18?,22-;19-/m01.00/s1. The minimum Gasteiger partial charge on any atom is -0.369 e. The Bertz CT molecular complexity index is 7380. The van der Waals surface area contributed by atoms with E-state index < -0.39 is 45.4 Å². The molecule has 2 unspecified atom stereocenters. The monoisotopic (exact) mass is 2050 g/mol. The fraction of sp³-hybridized carbons (Fsp3) is 0.274. The molecule has 6 amide bonds. The second-order valence-corrected chi connectivity index (χ2v) is 44.6. The highest BCUT2D eigenvalue weighted by Crippen LogP contribution is 2.53. The Labute approximate surface area is 875 Å². The van der Waals surface area contributed by atoms with Gasteiger partial charge in [-0.3, -0.25) is 53.3 Å². The molecule has 6 aliphatic rings. The molecule has 12 heterocycles. The molecule has 0 radical (unpaired) electrons. The number of rotatable bonds is 16. The van der Waals surface area contributed by atoms with Crippen LogP contribution in [0.3, 0.4) is 0 Å². The lowest BCUT2D eigenvalue weighted by Crippen LogP contribution is -2.54. The van der Waals surface area contributed by atoms with E-state index in [0.29, 0.717) is 41.2 Å². The van der Waals surface area contributed by atoms with Gasteiger partial charge in [-0.1, -0.05) is 187 Å². The van der Waals surface area contributed by atoms with Gasteiger partial charge in [0.05, 0.1) is 70.1 Å². The van der Waals surface area contributed by atoms with Crippen molar-refractivity contribution in [2.24, 2.45) is 59.5 Å². The van der Waals surface area contributed by atoms with E-state index in [0.717, 1.165) is 116 Å². The molecule has 147 heavy (non-hydrogen) atoms. The summed E-state index contributed by atoms with van der Waals surface area (Å²) in [4.78, 5) is 135. The maximum absolute atomic E-state index is 13.4. The van der Waals surface area contributed by atoms with Gasteiger partial charge in [0.1, 0.15) is 29.3 Å². The summed E-state index contributed by atoms with van der Waals surface area (Å²) in [5.41, 5.74) is 43.6. The Balaban J connectivity index is 0.000000131. The van der Waals surface area contributed by atoms with Gasteiger partial charge in [-0.25, -0.2) is 49.9 Å². The van der Waals surface area contributed by atoms with E-state index in [-0.39, 0.29) is 76.5 Å². The Morgan fingerprint density at radius 1 is 0.469 bits per heavy atom. The van der Waals surface area contributed by atoms with Crippen molar-refractivity contribution in [3.05, 3.63) is 351 Å². The second kappa shape index (κ2) is 42.5. The zero-order chi connectivity index (χ0) is 105. The van der Waals surface area contributed by atoms with Crippen LogP contribution in [0.1, 0.15) is 179 Å². The summed E-state index contributed by atoms with van der Waals surface area (Å²) in [6.45, 7) is 21.0. The largest absolute Gasteiger partial charge is 0.369 e. The number of thiazole rings is 1. The normalized spacial score (nSPS) is 21.1. The van der Waals surface area contributed by atoms with Crippen molar-refractivity contribution < 1.29 is 28.8 Å². The fourth-order valence-electron chi connectivity index (χ4n) is 19.0. The maximum atomic E-state index is 13.4. The van der Waals surface area contributed by atoms with Crippen LogP contribution in [-0.4, -0.2) is 150 Å². The second-order valence-electron chi connectivity index (χ2n) is 39.6. The molecule has 7 aromatic heterocycles. The number of nitrogens with one attached hydrogen (secondary N) is 1. The smallest absolute Gasteiger partial charge is 0.266 e. The van der Waals surface area contributed by atoms with Crippen LogP contribution < -0.4 is 34.0 Å². The minimum atomic E-state index is -1.28. The van der Waals surface area contributed by atoms with E-state index in [9.17, 15) is 34.0 Å². The highest BCUT2D eigenvalue weighted by Gasteiger charge is 2.54. The number of carbonyl (C=O) groups is 6. The minimum absolute atomic E-state index is 0.0135. The number of aliphatic imine (C=N–C) groups is 5. The number of thiophene rings is 4. The molecule has 7 aromatic carbocycles. The molecule has 1 spiro atoms. The number of nitrogens with two attached hydrogens (primary N) is 5. The highest BCUT2D eigenvalue weighted by molar-refractivity contribution is 7.15. The zero-order valence-electron chi connectivity index (χ0n) is 84.4. The van der Waals surface area contributed by atoms with Crippen LogP contribution in [0.25, 0.3) is 43.8 Å². The molecule has 748 valence electrons. The van der Waals surface area contributed by atoms with Gasteiger partial charge in [-0.2, -0.15) is 10.5 Å². The molecular formula is C113H115N23O6S5. The zero-order valence-corrected chi connectivity index (χ0v) is 88.4. The Hall–Kier alpha value is -15.7. The van der Waals surface area contributed by atoms with Gasteiger partial charge in [0.15, 0.2) is 35.3 Å². The molecule has 0 saturated heterocycles. The molecule has 20 rings (SSSR count). The van der Waals surface area contributed by atoms with Gasteiger partial charge in [-0.05, 0) is 207 Å². The summed E-state index contributed by atoms with van der Waals surface area (Å²) in [6.07, 6.45) is 14.1. The van der Waals surface area contributed by atoms with E-state index in [4.69, 9.17) is 53.9 Å². The Kier molecular flexibility index (Phi) is 30.1. The average Bonchev–Trinajstić information content (AvgIpc) is 1.58. The molecule has 34 heteroatoms. The number of fused-ring (bicyclic) bond motifs is 2.